The zero-order chi connectivity index (χ0) is 23.0. The standard InChI is InChI=1S/C22H19FN4O4S/c23-20-13-16(4-9-21(20)31-18-3-1-11-25-15-18)14-26-22(28)17-5-7-19(8-6-17)32(29,30)27-12-2-10-24/h1,3-9,11,13,15,27H,2,12,14H2,(H,26,28). The predicted molar refractivity (Wildman–Crippen MR) is 114 cm³/mol. The van der Waals surface area contributed by atoms with Crippen molar-refractivity contribution in [1.29, 1.82) is 5.26 Å². The first kappa shape index (κ1) is 22.9. The predicted octanol–water partition coefficient (Wildman–Crippen LogP) is 3.13. The van der Waals surface area contributed by atoms with E-state index in [1.165, 1.54) is 42.6 Å². The van der Waals surface area contributed by atoms with Crippen LogP contribution in [0.15, 0.2) is 71.9 Å². The smallest absolute Gasteiger partial charge is 0.251 e. The van der Waals surface area contributed by atoms with Crippen LogP contribution in [0.3, 0.4) is 0 Å². The van der Waals surface area contributed by atoms with Gasteiger partial charge in [0.05, 0.1) is 17.2 Å². The van der Waals surface area contributed by atoms with E-state index in [9.17, 15) is 17.6 Å². The van der Waals surface area contributed by atoms with E-state index in [2.05, 4.69) is 15.0 Å². The van der Waals surface area contributed by atoms with Crippen molar-refractivity contribution in [2.45, 2.75) is 17.9 Å². The van der Waals surface area contributed by atoms with Gasteiger partial charge in [-0.1, -0.05) is 6.07 Å². The molecule has 0 saturated carbocycles. The number of ether oxygens (including phenoxy) is 1. The van der Waals surface area contributed by atoms with Crippen LogP contribution in [0.1, 0.15) is 22.3 Å². The van der Waals surface area contributed by atoms with Crippen molar-refractivity contribution >= 4 is 15.9 Å². The zero-order valence-electron chi connectivity index (χ0n) is 16.8. The summed E-state index contributed by atoms with van der Waals surface area (Å²) in [5.74, 6) is -0.590. The third kappa shape index (κ3) is 6.10. The second-order valence-corrected chi connectivity index (χ2v) is 8.34. The highest BCUT2D eigenvalue weighted by molar-refractivity contribution is 7.89. The lowest BCUT2D eigenvalue weighted by molar-refractivity contribution is 0.0950. The van der Waals surface area contributed by atoms with Crippen LogP contribution in [0.4, 0.5) is 4.39 Å². The summed E-state index contributed by atoms with van der Waals surface area (Å²) in [6, 6.07) is 14.9. The molecule has 1 amide bonds. The molecule has 2 aromatic carbocycles. The molecule has 1 heterocycles. The maximum atomic E-state index is 14.3. The number of sulfonamides is 1. The highest BCUT2D eigenvalue weighted by Gasteiger charge is 2.14. The lowest BCUT2D eigenvalue weighted by Gasteiger charge is -2.10. The molecule has 1 aromatic heterocycles. The van der Waals surface area contributed by atoms with Crippen molar-refractivity contribution in [3.8, 4) is 17.6 Å². The second-order valence-electron chi connectivity index (χ2n) is 6.57. The van der Waals surface area contributed by atoms with Crippen LogP contribution in [0.2, 0.25) is 0 Å². The monoisotopic (exact) mass is 454 g/mol. The molecule has 2 N–H and O–H groups in total. The minimum atomic E-state index is -3.75. The van der Waals surface area contributed by atoms with Gasteiger partial charge in [-0.3, -0.25) is 9.78 Å². The average molecular weight is 454 g/mol. The van der Waals surface area contributed by atoms with Gasteiger partial charge in [-0.05, 0) is 54.1 Å². The first-order valence-corrected chi connectivity index (χ1v) is 11.0. The number of amides is 1. The van der Waals surface area contributed by atoms with Crippen LogP contribution in [0, 0.1) is 17.1 Å². The van der Waals surface area contributed by atoms with Crippen molar-refractivity contribution in [3.63, 3.8) is 0 Å². The number of hydrogen-bond donors (Lipinski definition) is 2. The molecule has 0 fully saturated rings. The van der Waals surface area contributed by atoms with Crippen LogP contribution < -0.4 is 14.8 Å². The second kappa shape index (κ2) is 10.5. The van der Waals surface area contributed by atoms with Gasteiger partial charge in [0, 0.05) is 31.3 Å². The van der Waals surface area contributed by atoms with Gasteiger partial charge in [-0.25, -0.2) is 17.5 Å². The number of benzene rings is 2. The summed E-state index contributed by atoms with van der Waals surface area (Å²) in [7, 11) is -3.75. The SMILES string of the molecule is N#CCCNS(=O)(=O)c1ccc(C(=O)NCc2ccc(Oc3cccnc3)c(F)c2)cc1. The molecule has 8 nitrogen and oxygen atoms in total. The molecule has 0 aliphatic carbocycles. The molecule has 10 heteroatoms. The van der Waals surface area contributed by atoms with Crippen LogP contribution >= 0.6 is 0 Å². The maximum Gasteiger partial charge on any atom is 0.251 e. The van der Waals surface area contributed by atoms with Crippen LogP contribution in [0.5, 0.6) is 11.5 Å². The maximum absolute atomic E-state index is 14.3. The summed E-state index contributed by atoms with van der Waals surface area (Å²) in [6.45, 7) is 0.0718. The quantitative estimate of drug-likeness (QED) is 0.479. The molecule has 164 valence electrons. The van der Waals surface area contributed by atoms with E-state index in [4.69, 9.17) is 10.00 Å². The van der Waals surface area contributed by atoms with E-state index in [1.807, 2.05) is 6.07 Å². The molecule has 0 aliphatic heterocycles. The number of nitriles is 1. The number of halogens is 1. The number of aromatic nitrogens is 1. The Balaban J connectivity index is 1.58. The fraction of sp³-hybridized carbons (Fsp3) is 0.136. The van der Waals surface area contributed by atoms with E-state index in [0.717, 1.165) is 0 Å². The van der Waals surface area contributed by atoms with Crippen LogP contribution in [0.25, 0.3) is 0 Å². The van der Waals surface area contributed by atoms with Gasteiger partial charge >= 0.3 is 0 Å². The van der Waals surface area contributed by atoms with Gasteiger partial charge in [0.1, 0.15) is 5.75 Å². The molecular formula is C22H19FN4O4S. The molecule has 3 aromatic rings. The lowest BCUT2D eigenvalue weighted by Crippen LogP contribution is -2.25. The van der Waals surface area contributed by atoms with Crippen molar-refractivity contribution in [2.75, 3.05) is 6.54 Å². The van der Waals surface area contributed by atoms with E-state index in [-0.39, 0.29) is 35.7 Å². The number of carbonyl (C=O) groups is 1. The van der Waals surface area contributed by atoms with Gasteiger partial charge in [-0.15, -0.1) is 0 Å². The molecule has 3 rings (SSSR count). The van der Waals surface area contributed by atoms with E-state index in [0.29, 0.717) is 11.3 Å². The van der Waals surface area contributed by atoms with E-state index < -0.39 is 21.7 Å². The van der Waals surface area contributed by atoms with Crippen LogP contribution in [-0.2, 0) is 16.6 Å². The van der Waals surface area contributed by atoms with E-state index >= 15 is 0 Å². The highest BCUT2D eigenvalue weighted by atomic mass is 32.2. The third-order valence-electron chi connectivity index (χ3n) is 4.27. The average Bonchev–Trinajstić information content (AvgIpc) is 2.80. The van der Waals surface area contributed by atoms with Gasteiger partial charge in [0.15, 0.2) is 11.6 Å². The summed E-state index contributed by atoms with van der Waals surface area (Å²) in [5.41, 5.74) is 0.772. The number of nitrogens with one attached hydrogen (secondary N) is 2. The van der Waals surface area contributed by atoms with Crippen molar-refractivity contribution in [2.24, 2.45) is 0 Å². The number of hydrogen-bond acceptors (Lipinski definition) is 6. The highest BCUT2D eigenvalue weighted by Crippen LogP contribution is 2.24. The largest absolute Gasteiger partial charge is 0.453 e. The normalized spacial score (nSPS) is 10.9. The molecule has 0 radical (unpaired) electrons. The fourth-order valence-corrected chi connectivity index (χ4v) is 3.70. The summed E-state index contributed by atoms with van der Waals surface area (Å²) < 4.78 is 46.2. The minimum Gasteiger partial charge on any atom is -0.453 e. The molecule has 0 spiro atoms. The molecule has 0 unspecified atom stereocenters. The van der Waals surface area contributed by atoms with Crippen LogP contribution in [-0.4, -0.2) is 25.9 Å². The Bertz CT molecular complexity index is 1230. The number of nitrogens with zero attached hydrogens (tertiary/aromatic N) is 2. The Kier molecular flexibility index (Phi) is 7.49. The minimum absolute atomic E-state index is 0.00367. The Morgan fingerprint density at radius 3 is 2.59 bits per heavy atom. The number of rotatable bonds is 9. The number of carbonyl (C=O) groups excluding carboxylic acids is 1. The van der Waals surface area contributed by atoms with Crippen molar-refractivity contribution in [3.05, 3.63) is 83.9 Å². The first-order valence-electron chi connectivity index (χ1n) is 9.50. The molecule has 0 saturated heterocycles. The zero-order valence-corrected chi connectivity index (χ0v) is 17.6. The lowest BCUT2D eigenvalue weighted by atomic mass is 10.2. The first-order chi connectivity index (χ1) is 15.4. The van der Waals surface area contributed by atoms with Crippen molar-refractivity contribution < 1.29 is 22.3 Å². The van der Waals surface area contributed by atoms with Gasteiger partial charge in [-0.2, -0.15) is 5.26 Å². The molecule has 0 aliphatic rings. The molecule has 0 atom stereocenters. The third-order valence-corrected chi connectivity index (χ3v) is 5.74. The van der Waals surface area contributed by atoms with Gasteiger partial charge < -0.3 is 10.1 Å². The molecule has 32 heavy (non-hydrogen) atoms. The molecule has 0 bridgehead atoms. The Labute approximate surface area is 184 Å². The van der Waals surface area contributed by atoms with Gasteiger partial charge in [0.2, 0.25) is 10.0 Å². The summed E-state index contributed by atoms with van der Waals surface area (Å²) in [4.78, 5) is 16.2. The fourth-order valence-electron chi connectivity index (χ4n) is 2.67. The Morgan fingerprint density at radius 1 is 1.16 bits per heavy atom. The Morgan fingerprint density at radius 2 is 1.94 bits per heavy atom. The topological polar surface area (TPSA) is 121 Å². The molecular weight excluding hydrogens is 435 g/mol. The van der Waals surface area contributed by atoms with Crippen molar-refractivity contribution in [1.82, 2.24) is 15.0 Å². The Hall–Kier alpha value is -3.81. The van der Waals surface area contributed by atoms with E-state index in [1.54, 1.807) is 24.4 Å². The summed E-state index contributed by atoms with van der Waals surface area (Å²) >= 11 is 0. The summed E-state index contributed by atoms with van der Waals surface area (Å²) in [5, 5.41) is 11.1. The number of pyridine rings is 1. The van der Waals surface area contributed by atoms with Gasteiger partial charge in [0.25, 0.3) is 5.91 Å². The summed E-state index contributed by atoms with van der Waals surface area (Å²) in [6.07, 6.45) is 3.10.